The minimum absolute atomic E-state index is 0.279. The van der Waals surface area contributed by atoms with Crippen molar-refractivity contribution in [3.05, 3.63) is 70.3 Å². The number of nitroso groups, excluding NO2 is 1. The van der Waals surface area contributed by atoms with Gasteiger partial charge in [-0.2, -0.15) is 5.10 Å². The molecule has 0 saturated heterocycles. The van der Waals surface area contributed by atoms with Gasteiger partial charge in [0.2, 0.25) is 0 Å². The molecule has 2 aliphatic carbocycles. The molecule has 0 unspecified atom stereocenters. The monoisotopic (exact) mass is 404 g/mol. The third kappa shape index (κ3) is 4.13. The van der Waals surface area contributed by atoms with Crippen molar-refractivity contribution in [2.75, 3.05) is 18.5 Å². The summed E-state index contributed by atoms with van der Waals surface area (Å²) in [4.78, 5) is 24.9. The number of amides is 1. The molecule has 0 bridgehead atoms. The molecule has 1 aromatic rings. The molecule has 1 fully saturated rings. The molecule has 6 nitrogen and oxygen atoms in total. The molecule has 30 heavy (non-hydrogen) atoms. The topological polar surface area (TPSA) is 67.6 Å². The van der Waals surface area contributed by atoms with Gasteiger partial charge in [-0.15, -0.1) is 4.91 Å². The van der Waals surface area contributed by atoms with Crippen LogP contribution in [0.1, 0.15) is 55.3 Å². The van der Waals surface area contributed by atoms with Crippen molar-refractivity contribution < 1.29 is 4.79 Å². The molecule has 0 atom stereocenters. The predicted molar refractivity (Wildman–Crippen MR) is 120 cm³/mol. The molecule has 1 amide bonds. The zero-order valence-corrected chi connectivity index (χ0v) is 17.5. The van der Waals surface area contributed by atoms with Crippen molar-refractivity contribution >= 4 is 17.4 Å². The van der Waals surface area contributed by atoms with Crippen LogP contribution in [0.4, 0.5) is 5.82 Å². The van der Waals surface area contributed by atoms with Gasteiger partial charge >= 0.3 is 5.91 Å². The van der Waals surface area contributed by atoms with E-state index in [1.165, 1.54) is 42.3 Å². The van der Waals surface area contributed by atoms with Crippen LogP contribution < -0.4 is 4.90 Å². The van der Waals surface area contributed by atoms with Crippen LogP contribution in [0.2, 0.25) is 0 Å². The largest absolute Gasteiger partial charge is 0.355 e. The van der Waals surface area contributed by atoms with Gasteiger partial charge in [-0.05, 0) is 36.8 Å². The lowest BCUT2D eigenvalue weighted by Crippen LogP contribution is -2.32. The fourth-order valence-electron chi connectivity index (χ4n) is 4.65. The Kier molecular flexibility index (Phi) is 6.21. The van der Waals surface area contributed by atoms with Crippen molar-refractivity contribution in [2.45, 2.75) is 44.9 Å². The normalized spacial score (nSPS) is 23.0. The summed E-state index contributed by atoms with van der Waals surface area (Å²) >= 11 is 0. The molecule has 0 aromatic carbocycles. The standard InChI is InChI=1S/C24H28N4O2/c1-27-17-20(15-14-18-10-6-3-2-4-7-11-18)22(19-12-8-5-9-13-19)28-24(27)21(16-25-28)23(29)26-30/h2-3,7,10-11,14-16,19H,4-6,8-9,12-13,17H2,1H3/b3-2-,11-7?,15-14+,18-10+. The summed E-state index contributed by atoms with van der Waals surface area (Å²) in [6.45, 7) is 0.671. The van der Waals surface area contributed by atoms with Crippen molar-refractivity contribution in [1.29, 1.82) is 0 Å². The highest BCUT2D eigenvalue weighted by atomic mass is 16.3. The molecule has 1 aromatic heterocycles. The number of anilines is 1. The van der Waals surface area contributed by atoms with Gasteiger partial charge in [-0.3, -0.25) is 4.79 Å². The van der Waals surface area contributed by atoms with E-state index in [-0.39, 0.29) is 5.56 Å². The summed E-state index contributed by atoms with van der Waals surface area (Å²) in [5.41, 5.74) is 3.86. The second-order valence-corrected chi connectivity index (χ2v) is 8.17. The van der Waals surface area contributed by atoms with Crippen LogP contribution in [0.25, 0.3) is 5.70 Å². The van der Waals surface area contributed by atoms with Gasteiger partial charge in [0.25, 0.3) is 0 Å². The van der Waals surface area contributed by atoms with Crippen LogP contribution in [0.15, 0.2) is 65.1 Å². The summed E-state index contributed by atoms with van der Waals surface area (Å²) in [7, 11) is 1.93. The number of nitrogens with zero attached hydrogens (tertiary/aromatic N) is 4. The first-order valence-corrected chi connectivity index (χ1v) is 10.8. The Hall–Kier alpha value is -3.02. The number of hydrogen-bond donors (Lipinski definition) is 0. The molecule has 1 aliphatic heterocycles. The second-order valence-electron chi connectivity index (χ2n) is 8.17. The lowest BCUT2D eigenvalue weighted by molar-refractivity contribution is 0.100. The Balaban J connectivity index is 1.77. The first-order chi connectivity index (χ1) is 14.7. The van der Waals surface area contributed by atoms with Crippen molar-refractivity contribution in [2.24, 2.45) is 11.1 Å². The van der Waals surface area contributed by atoms with Gasteiger partial charge in [0.05, 0.1) is 11.9 Å². The molecule has 0 spiro atoms. The van der Waals surface area contributed by atoms with Gasteiger partial charge in [-0.25, -0.2) is 4.68 Å². The van der Waals surface area contributed by atoms with E-state index in [1.807, 2.05) is 16.6 Å². The van der Waals surface area contributed by atoms with E-state index in [2.05, 4.69) is 52.8 Å². The van der Waals surface area contributed by atoms with Gasteiger partial charge in [0, 0.05) is 24.7 Å². The third-order valence-electron chi connectivity index (χ3n) is 6.09. The van der Waals surface area contributed by atoms with Crippen LogP contribution in [0, 0.1) is 10.8 Å². The smallest absolute Gasteiger partial charge is 0.322 e. The Morgan fingerprint density at radius 2 is 1.93 bits per heavy atom. The van der Waals surface area contributed by atoms with Crippen LogP contribution in [-0.4, -0.2) is 29.3 Å². The summed E-state index contributed by atoms with van der Waals surface area (Å²) in [6.07, 6.45) is 24.6. The van der Waals surface area contributed by atoms with Crippen molar-refractivity contribution in [3.8, 4) is 0 Å². The van der Waals surface area contributed by atoms with Crippen molar-refractivity contribution in [1.82, 2.24) is 9.78 Å². The zero-order chi connectivity index (χ0) is 20.9. The number of fused-ring (bicyclic) bond motifs is 1. The van der Waals surface area contributed by atoms with Gasteiger partial charge < -0.3 is 4.90 Å². The maximum atomic E-state index is 12.0. The average Bonchev–Trinajstić information content (AvgIpc) is 3.18. The minimum Gasteiger partial charge on any atom is -0.355 e. The average molecular weight is 405 g/mol. The molecule has 2 heterocycles. The van der Waals surface area contributed by atoms with E-state index < -0.39 is 5.91 Å². The van der Waals surface area contributed by atoms with Crippen molar-refractivity contribution in [3.63, 3.8) is 0 Å². The lowest BCUT2D eigenvalue weighted by Gasteiger charge is -2.34. The fourth-order valence-corrected chi connectivity index (χ4v) is 4.65. The van der Waals surface area contributed by atoms with Crippen LogP contribution in [0.5, 0.6) is 0 Å². The van der Waals surface area contributed by atoms with Crippen LogP contribution in [-0.2, 0) is 0 Å². The Labute approximate surface area is 177 Å². The summed E-state index contributed by atoms with van der Waals surface area (Å²) < 4.78 is 1.88. The number of likely N-dealkylation sites (N-methyl/N-ethyl adjacent to an activating group) is 1. The Morgan fingerprint density at radius 3 is 2.73 bits per heavy atom. The molecular weight excluding hydrogens is 376 g/mol. The molecule has 1 saturated carbocycles. The first kappa shape index (κ1) is 20.3. The van der Waals surface area contributed by atoms with Gasteiger partial charge in [0.1, 0.15) is 11.4 Å². The van der Waals surface area contributed by atoms with E-state index in [0.29, 0.717) is 18.3 Å². The summed E-state index contributed by atoms with van der Waals surface area (Å²) in [6, 6.07) is 0. The quantitative estimate of drug-likeness (QED) is 0.496. The highest BCUT2D eigenvalue weighted by Gasteiger charge is 2.32. The number of allylic oxidation sites excluding steroid dienone is 8. The number of hydrogen-bond acceptors (Lipinski definition) is 4. The van der Waals surface area contributed by atoms with Crippen LogP contribution >= 0.6 is 0 Å². The number of aromatic nitrogens is 2. The maximum Gasteiger partial charge on any atom is 0.322 e. The number of carbonyl (C=O) groups excluding carboxylic acids is 1. The minimum atomic E-state index is -0.761. The van der Waals surface area contributed by atoms with Crippen LogP contribution in [0.3, 0.4) is 0 Å². The number of carbonyl (C=O) groups is 1. The lowest BCUT2D eigenvalue weighted by atomic mass is 9.84. The summed E-state index contributed by atoms with van der Waals surface area (Å²) in [5.74, 6) is 0.318. The Morgan fingerprint density at radius 1 is 1.13 bits per heavy atom. The van der Waals surface area contributed by atoms with E-state index in [1.54, 1.807) is 0 Å². The molecule has 0 N–H and O–H groups in total. The summed E-state index contributed by atoms with van der Waals surface area (Å²) in [5, 5.41) is 7.16. The third-order valence-corrected chi connectivity index (χ3v) is 6.09. The van der Waals surface area contributed by atoms with Gasteiger partial charge in [-0.1, -0.05) is 61.8 Å². The molecule has 3 aliphatic rings. The molecule has 156 valence electrons. The zero-order valence-electron chi connectivity index (χ0n) is 17.5. The SMILES string of the molecule is CN1CC(/C=C/C2=C/C/C=C\CC=C2)=C(C2CCCCC2)n2ncc(C(=O)N=O)c21. The molecular formula is C24H28N4O2. The fraction of sp³-hybridized carbons (Fsp3) is 0.417. The molecule has 4 rings (SSSR count). The molecule has 0 radical (unpaired) electrons. The van der Waals surface area contributed by atoms with E-state index >= 15 is 0 Å². The second kappa shape index (κ2) is 9.20. The predicted octanol–water partition coefficient (Wildman–Crippen LogP) is 5.42. The van der Waals surface area contributed by atoms with E-state index in [4.69, 9.17) is 0 Å². The number of rotatable bonds is 4. The van der Waals surface area contributed by atoms with E-state index in [0.717, 1.165) is 25.7 Å². The maximum absolute atomic E-state index is 12.0. The van der Waals surface area contributed by atoms with E-state index in [9.17, 15) is 9.70 Å². The Bertz CT molecular complexity index is 971. The highest BCUT2D eigenvalue weighted by Crippen LogP contribution is 2.40. The van der Waals surface area contributed by atoms with Gasteiger partial charge in [0.15, 0.2) is 0 Å². The molecule has 6 heteroatoms. The highest BCUT2D eigenvalue weighted by molar-refractivity contribution is 6.00. The first-order valence-electron chi connectivity index (χ1n) is 10.8.